The van der Waals surface area contributed by atoms with E-state index in [1.807, 2.05) is 43.3 Å². The van der Waals surface area contributed by atoms with E-state index in [1.165, 1.54) is 12.8 Å². The Hall–Kier alpha value is -1.79. The molecule has 134 valence electrons. The summed E-state index contributed by atoms with van der Waals surface area (Å²) in [6, 6.07) is 7.32. The Morgan fingerprint density at radius 2 is 1.92 bits per heavy atom. The Kier molecular flexibility index (Phi) is 6.87. The average Bonchev–Trinajstić information content (AvgIpc) is 2.55. The summed E-state index contributed by atoms with van der Waals surface area (Å²) in [5, 5.41) is 15.6. The number of β-amino-alcohol motifs (C(OH)–C–C–N with tert-alkyl or cyclic N) is 1. The van der Waals surface area contributed by atoms with Crippen molar-refractivity contribution in [3.8, 4) is 0 Å². The van der Waals surface area contributed by atoms with Gasteiger partial charge in [0.05, 0.1) is 6.10 Å². The molecule has 1 aromatic carbocycles. The number of hydrogen-bond donors (Lipinski definition) is 3. The second-order valence-electron chi connectivity index (χ2n) is 6.91. The highest BCUT2D eigenvalue weighted by Gasteiger charge is 2.18. The Bertz CT molecular complexity index is 510. The Morgan fingerprint density at radius 1 is 1.29 bits per heavy atom. The van der Waals surface area contributed by atoms with Gasteiger partial charge in [-0.15, -0.1) is 0 Å². The summed E-state index contributed by atoms with van der Waals surface area (Å²) in [6.45, 7) is 5.20. The fraction of sp³-hybridized carbons (Fsp3) is 0.611. The van der Waals surface area contributed by atoms with Crippen LogP contribution in [0.25, 0.3) is 0 Å². The highest BCUT2D eigenvalue weighted by molar-refractivity contribution is 5.89. The first-order chi connectivity index (χ1) is 11.4. The van der Waals surface area contributed by atoms with E-state index in [-0.39, 0.29) is 12.6 Å². The SMILES string of the molecule is CC1CCN(CC(O)CNC(=O)Nc2ccc(N(C)C)cc2)CC1. The predicted molar refractivity (Wildman–Crippen MR) is 98.6 cm³/mol. The van der Waals surface area contributed by atoms with Crippen molar-refractivity contribution in [3.05, 3.63) is 24.3 Å². The van der Waals surface area contributed by atoms with Crippen LogP contribution in [0.1, 0.15) is 19.8 Å². The summed E-state index contributed by atoms with van der Waals surface area (Å²) < 4.78 is 0. The maximum absolute atomic E-state index is 11.9. The van der Waals surface area contributed by atoms with E-state index in [1.54, 1.807) is 0 Å². The van der Waals surface area contributed by atoms with Crippen LogP contribution in [0.3, 0.4) is 0 Å². The highest BCUT2D eigenvalue weighted by atomic mass is 16.3. The number of aliphatic hydroxyl groups excluding tert-OH is 1. The van der Waals surface area contributed by atoms with Crippen molar-refractivity contribution in [1.82, 2.24) is 10.2 Å². The molecule has 1 saturated heterocycles. The zero-order valence-electron chi connectivity index (χ0n) is 15.0. The summed E-state index contributed by atoms with van der Waals surface area (Å²) in [4.78, 5) is 16.2. The zero-order chi connectivity index (χ0) is 17.5. The normalized spacial score (nSPS) is 17.3. The van der Waals surface area contributed by atoms with E-state index < -0.39 is 6.10 Å². The second-order valence-corrected chi connectivity index (χ2v) is 6.91. The van der Waals surface area contributed by atoms with Crippen LogP contribution in [-0.2, 0) is 0 Å². The summed E-state index contributed by atoms with van der Waals surface area (Å²) in [6.07, 6.45) is 1.83. The first-order valence-electron chi connectivity index (χ1n) is 8.66. The van der Waals surface area contributed by atoms with Crippen molar-refractivity contribution >= 4 is 17.4 Å². The number of amides is 2. The van der Waals surface area contributed by atoms with E-state index in [9.17, 15) is 9.90 Å². The molecule has 1 unspecified atom stereocenters. The largest absolute Gasteiger partial charge is 0.390 e. The van der Waals surface area contributed by atoms with Gasteiger partial charge in [-0.2, -0.15) is 0 Å². The Balaban J connectivity index is 1.68. The molecule has 1 aromatic rings. The number of hydrogen-bond acceptors (Lipinski definition) is 4. The summed E-state index contributed by atoms with van der Waals surface area (Å²) in [5.74, 6) is 0.779. The monoisotopic (exact) mass is 334 g/mol. The maximum atomic E-state index is 11.9. The predicted octanol–water partition coefficient (Wildman–Crippen LogP) is 1.97. The lowest BCUT2D eigenvalue weighted by Crippen LogP contribution is -2.43. The van der Waals surface area contributed by atoms with Gasteiger partial charge in [-0.25, -0.2) is 4.79 Å². The maximum Gasteiger partial charge on any atom is 0.319 e. The third-order valence-electron chi connectivity index (χ3n) is 4.49. The van der Waals surface area contributed by atoms with Crippen LogP contribution in [0.5, 0.6) is 0 Å². The number of urea groups is 1. The summed E-state index contributed by atoms with van der Waals surface area (Å²) >= 11 is 0. The molecular weight excluding hydrogens is 304 g/mol. The number of benzene rings is 1. The molecule has 1 aliphatic rings. The van der Waals surface area contributed by atoms with Crippen LogP contribution >= 0.6 is 0 Å². The van der Waals surface area contributed by atoms with Gasteiger partial charge in [0, 0.05) is 38.6 Å². The van der Waals surface area contributed by atoms with Crippen LogP contribution in [0, 0.1) is 5.92 Å². The van der Waals surface area contributed by atoms with Crippen LogP contribution in [-0.4, -0.2) is 62.4 Å². The van der Waals surface area contributed by atoms with Crippen LogP contribution < -0.4 is 15.5 Å². The zero-order valence-corrected chi connectivity index (χ0v) is 15.0. The number of anilines is 2. The van der Waals surface area contributed by atoms with Gasteiger partial charge in [0.1, 0.15) is 0 Å². The van der Waals surface area contributed by atoms with Gasteiger partial charge >= 0.3 is 6.03 Å². The minimum absolute atomic E-state index is 0.258. The molecule has 0 spiro atoms. The molecule has 24 heavy (non-hydrogen) atoms. The quantitative estimate of drug-likeness (QED) is 0.744. The topological polar surface area (TPSA) is 67.8 Å². The molecule has 6 heteroatoms. The molecule has 0 bridgehead atoms. The minimum atomic E-state index is -0.541. The fourth-order valence-corrected chi connectivity index (χ4v) is 2.84. The van der Waals surface area contributed by atoms with Gasteiger partial charge in [0.2, 0.25) is 0 Å². The Morgan fingerprint density at radius 3 is 2.50 bits per heavy atom. The van der Waals surface area contributed by atoms with Gasteiger partial charge in [-0.3, -0.25) is 0 Å². The van der Waals surface area contributed by atoms with Crippen LogP contribution in [0.2, 0.25) is 0 Å². The first-order valence-corrected chi connectivity index (χ1v) is 8.66. The van der Waals surface area contributed by atoms with Gasteiger partial charge in [-0.05, 0) is 56.1 Å². The smallest absolute Gasteiger partial charge is 0.319 e. The van der Waals surface area contributed by atoms with Crippen molar-refractivity contribution in [3.63, 3.8) is 0 Å². The molecule has 6 nitrogen and oxygen atoms in total. The Labute approximate surface area is 144 Å². The highest BCUT2D eigenvalue weighted by Crippen LogP contribution is 2.16. The number of nitrogens with zero attached hydrogens (tertiary/aromatic N) is 2. The summed E-state index contributed by atoms with van der Waals surface area (Å²) in [5.41, 5.74) is 1.81. The molecule has 1 atom stereocenters. The molecule has 1 heterocycles. The van der Waals surface area contributed by atoms with Gasteiger partial charge < -0.3 is 25.5 Å². The first kappa shape index (κ1) is 18.5. The number of carbonyl (C=O) groups excluding carboxylic acids is 1. The van der Waals surface area contributed by atoms with Gasteiger partial charge in [0.25, 0.3) is 0 Å². The fourth-order valence-electron chi connectivity index (χ4n) is 2.84. The molecule has 0 aliphatic carbocycles. The molecule has 1 fully saturated rings. The molecule has 0 aromatic heterocycles. The lowest BCUT2D eigenvalue weighted by atomic mass is 9.99. The molecule has 1 aliphatic heterocycles. The van der Waals surface area contributed by atoms with E-state index in [4.69, 9.17) is 0 Å². The van der Waals surface area contributed by atoms with Gasteiger partial charge in [-0.1, -0.05) is 6.92 Å². The number of rotatable bonds is 6. The van der Waals surface area contributed by atoms with E-state index in [0.29, 0.717) is 6.54 Å². The van der Waals surface area contributed by atoms with Crippen molar-refractivity contribution in [2.24, 2.45) is 5.92 Å². The minimum Gasteiger partial charge on any atom is -0.390 e. The van der Waals surface area contributed by atoms with E-state index in [2.05, 4.69) is 22.5 Å². The lowest BCUT2D eigenvalue weighted by Gasteiger charge is -2.31. The van der Waals surface area contributed by atoms with Crippen molar-refractivity contribution in [2.45, 2.75) is 25.9 Å². The molecule has 3 N–H and O–H groups in total. The van der Waals surface area contributed by atoms with Crippen molar-refractivity contribution in [1.29, 1.82) is 0 Å². The standard InChI is InChI=1S/C18H30N4O2/c1-14-8-10-22(11-9-14)13-17(23)12-19-18(24)20-15-4-6-16(7-5-15)21(2)3/h4-7,14,17,23H,8-13H2,1-3H3,(H2,19,20,24). The molecule has 0 radical (unpaired) electrons. The average molecular weight is 334 g/mol. The number of nitrogens with one attached hydrogen (secondary N) is 2. The molecule has 2 rings (SSSR count). The van der Waals surface area contributed by atoms with E-state index >= 15 is 0 Å². The number of carbonyl (C=O) groups is 1. The molecular formula is C18H30N4O2. The number of piperidine rings is 1. The summed E-state index contributed by atoms with van der Waals surface area (Å²) in [7, 11) is 3.94. The van der Waals surface area contributed by atoms with Crippen molar-refractivity contribution < 1.29 is 9.90 Å². The number of likely N-dealkylation sites (tertiary alicyclic amines) is 1. The number of aliphatic hydroxyl groups is 1. The second kappa shape index (κ2) is 8.89. The lowest BCUT2D eigenvalue weighted by molar-refractivity contribution is 0.0924. The van der Waals surface area contributed by atoms with Crippen LogP contribution in [0.15, 0.2) is 24.3 Å². The third kappa shape index (κ3) is 6.02. The van der Waals surface area contributed by atoms with Gasteiger partial charge in [0.15, 0.2) is 0 Å². The molecule has 0 saturated carbocycles. The van der Waals surface area contributed by atoms with E-state index in [0.717, 1.165) is 30.4 Å². The third-order valence-corrected chi connectivity index (χ3v) is 4.49. The van der Waals surface area contributed by atoms with Crippen molar-refractivity contribution in [2.75, 3.05) is 50.5 Å². The molecule has 2 amide bonds. The van der Waals surface area contributed by atoms with Crippen LogP contribution in [0.4, 0.5) is 16.2 Å².